The van der Waals surface area contributed by atoms with Crippen molar-refractivity contribution in [2.75, 3.05) is 5.32 Å². The van der Waals surface area contributed by atoms with Crippen LogP contribution in [-0.4, -0.2) is 17.5 Å². The summed E-state index contributed by atoms with van der Waals surface area (Å²) in [4.78, 5) is 14.8. The molecule has 1 amide bonds. The number of anilines is 1. The molecule has 5 nitrogen and oxygen atoms in total. The first-order valence-corrected chi connectivity index (χ1v) is 6.19. The standard InChI is InChI=1S/C14H12F3N3O2/c15-10-2-1-3-12(22-14(16)17)9(10)7-20-8-4-5-19-11(6-8)13(18)21/h1-6,14H,7H2,(H2,18,21)(H,19,20). The second-order valence-electron chi connectivity index (χ2n) is 4.24. The third-order valence-corrected chi connectivity index (χ3v) is 2.77. The average Bonchev–Trinajstić information content (AvgIpc) is 2.46. The molecular formula is C14H12F3N3O2. The Morgan fingerprint density at radius 1 is 1.36 bits per heavy atom. The van der Waals surface area contributed by atoms with E-state index >= 15 is 0 Å². The number of pyridine rings is 1. The molecule has 2 aromatic rings. The van der Waals surface area contributed by atoms with Crippen LogP contribution in [0.5, 0.6) is 5.75 Å². The highest BCUT2D eigenvalue weighted by Gasteiger charge is 2.13. The van der Waals surface area contributed by atoms with Crippen LogP contribution in [0.25, 0.3) is 0 Å². The first-order valence-electron chi connectivity index (χ1n) is 6.19. The first kappa shape index (κ1) is 15.6. The number of amides is 1. The highest BCUT2D eigenvalue weighted by Crippen LogP contribution is 2.24. The van der Waals surface area contributed by atoms with Crippen LogP contribution in [0.4, 0.5) is 18.9 Å². The summed E-state index contributed by atoms with van der Waals surface area (Å²) in [5, 5.41) is 2.80. The number of rotatable bonds is 6. The molecule has 0 saturated heterocycles. The van der Waals surface area contributed by atoms with E-state index in [1.165, 1.54) is 30.5 Å². The molecule has 0 spiro atoms. The summed E-state index contributed by atoms with van der Waals surface area (Å²) in [5.41, 5.74) is 5.52. The molecule has 3 N–H and O–H groups in total. The van der Waals surface area contributed by atoms with Crippen LogP contribution in [0.2, 0.25) is 0 Å². The fourth-order valence-corrected chi connectivity index (χ4v) is 1.78. The molecule has 0 bridgehead atoms. The minimum absolute atomic E-state index is 0.0302. The molecule has 0 aliphatic carbocycles. The number of hydrogen-bond donors (Lipinski definition) is 2. The summed E-state index contributed by atoms with van der Waals surface area (Å²) in [7, 11) is 0. The van der Waals surface area contributed by atoms with E-state index in [1.807, 2.05) is 0 Å². The Hall–Kier alpha value is -2.77. The van der Waals surface area contributed by atoms with Gasteiger partial charge in [0.05, 0.1) is 0 Å². The Bertz CT molecular complexity index is 680. The van der Waals surface area contributed by atoms with Gasteiger partial charge in [0.2, 0.25) is 0 Å². The van der Waals surface area contributed by atoms with Crippen molar-refractivity contribution in [3.8, 4) is 5.75 Å². The predicted molar refractivity (Wildman–Crippen MR) is 73.1 cm³/mol. The fraction of sp³-hybridized carbons (Fsp3) is 0.143. The normalized spacial score (nSPS) is 10.5. The van der Waals surface area contributed by atoms with Gasteiger partial charge >= 0.3 is 6.61 Å². The van der Waals surface area contributed by atoms with Crippen LogP contribution in [0.3, 0.4) is 0 Å². The number of nitrogens with two attached hydrogens (primary N) is 1. The number of ether oxygens (including phenoxy) is 1. The molecule has 8 heteroatoms. The number of primary amides is 1. The van der Waals surface area contributed by atoms with Crippen LogP contribution in [0, 0.1) is 5.82 Å². The Balaban J connectivity index is 2.17. The quantitative estimate of drug-likeness (QED) is 0.859. The molecule has 0 aliphatic heterocycles. The van der Waals surface area contributed by atoms with E-state index in [0.29, 0.717) is 5.69 Å². The number of alkyl halides is 2. The van der Waals surface area contributed by atoms with Crippen molar-refractivity contribution in [2.24, 2.45) is 5.73 Å². The van der Waals surface area contributed by atoms with E-state index in [0.717, 1.165) is 6.07 Å². The SMILES string of the molecule is NC(=O)c1cc(NCc2c(F)cccc2OC(F)F)ccn1. The molecule has 0 fully saturated rings. The lowest BCUT2D eigenvalue weighted by Crippen LogP contribution is -2.13. The monoisotopic (exact) mass is 311 g/mol. The molecule has 0 unspecified atom stereocenters. The summed E-state index contributed by atoms with van der Waals surface area (Å²) in [6.45, 7) is -3.17. The number of benzene rings is 1. The van der Waals surface area contributed by atoms with Crippen molar-refractivity contribution in [3.05, 3.63) is 53.6 Å². The zero-order valence-electron chi connectivity index (χ0n) is 11.2. The topological polar surface area (TPSA) is 77.2 Å². The van der Waals surface area contributed by atoms with Gasteiger partial charge in [-0.2, -0.15) is 8.78 Å². The third kappa shape index (κ3) is 3.87. The molecule has 0 radical (unpaired) electrons. The van der Waals surface area contributed by atoms with Gasteiger partial charge in [-0.3, -0.25) is 9.78 Å². The number of nitrogens with zero attached hydrogens (tertiary/aromatic N) is 1. The molecule has 1 aromatic heterocycles. The molecule has 1 aromatic carbocycles. The van der Waals surface area contributed by atoms with Crippen LogP contribution >= 0.6 is 0 Å². The number of hydrogen-bond acceptors (Lipinski definition) is 4. The smallest absolute Gasteiger partial charge is 0.387 e. The van der Waals surface area contributed by atoms with E-state index in [4.69, 9.17) is 5.73 Å². The largest absolute Gasteiger partial charge is 0.434 e. The molecule has 0 atom stereocenters. The lowest BCUT2D eigenvalue weighted by molar-refractivity contribution is -0.0505. The van der Waals surface area contributed by atoms with Crippen LogP contribution < -0.4 is 15.8 Å². The molecule has 116 valence electrons. The maximum Gasteiger partial charge on any atom is 0.387 e. The second kappa shape index (κ2) is 6.79. The van der Waals surface area contributed by atoms with Crippen LogP contribution in [0.1, 0.15) is 16.1 Å². The lowest BCUT2D eigenvalue weighted by Gasteiger charge is -2.13. The van der Waals surface area contributed by atoms with Crippen molar-refractivity contribution in [1.29, 1.82) is 0 Å². The summed E-state index contributed by atoms with van der Waals surface area (Å²) in [6, 6.07) is 6.55. The van der Waals surface area contributed by atoms with Crippen molar-refractivity contribution in [3.63, 3.8) is 0 Å². The number of carbonyl (C=O) groups excluding carboxylic acids is 1. The molecule has 0 aliphatic rings. The first-order chi connectivity index (χ1) is 10.5. The zero-order valence-corrected chi connectivity index (χ0v) is 11.2. The minimum atomic E-state index is -3.05. The van der Waals surface area contributed by atoms with Gasteiger partial charge in [0.1, 0.15) is 17.3 Å². The molecule has 2 rings (SSSR count). The van der Waals surface area contributed by atoms with Gasteiger partial charge in [-0.1, -0.05) is 6.07 Å². The van der Waals surface area contributed by atoms with Gasteiger partial charge < -0.3 is 15.8 Å². The summed E-state index contributed by atoms with van der Waals surface area (Å²) >= 11 is 0. The second-order valence-corrected chi connectivity index (χ2v) is 4.24. The number of carbonyl (C=O) groups is 1. The van der Waals surface area contributed by atoms with Crippen molar-refractivity contribution < 1.29 is 22.7 Å². The van der Waals surface area contributed by atoms with Gasteiger partial charge in [0.15, 0.2) is 0 Å². The van der Waals surface area contributed by atoms with Gasteiger partial charge in [-0.05, 0) is 24.3 Å². The summed E-state index contributed by atoms with van der Waals surface area (Å²) in [5.74, 6) is -1.65. The summed E-state index contributed by atoms with van der Waals surface area (Å²) < 4.78 is 42.7. The average molecular weight is 311 g/mol. The fourth-order valence-electron chi connectivity index (χ4n) is 1.78. The van der Waals surface area contributed by atoms with Gasteiger partial charge in [-0.25, -0.2) is 4.39 Å². The van der Waals surface area contributed by atoms with E-state index in [2.05, 4.69) is 15.0 Å². The van der Waals surface area contributed by atoms with Crippen molar-refractivity contribution >= 4 is 11.6 Å². The van der Waals surface area contributed by atoms with E-state index in [1.54, 1.807) is 0 Å². The van der Waals surface area contributed by atoms with Crippen molar-refractivity contribution in [1.82, 2.24) is 4.98 Å². The van der Waals surface area contributed by atoms with Crippen LogP contribution in [-0.2, 0) is 6.54 Å². The predicted octanol–water partition coefficient (Wildman–Crippen LogP) is 2.53. The Morgan fingerprint density at radius 3 is 2.82 bits per heavy atom. The van der Waals surface area contributed by atoms with Gasteiger partial charge in [0.25, 0.3) is 5.91 Å². The lowest BCUT2D eigenvalue weighted by atomic mass is 10.2. The summed E-state index contributed by atoms with van der Waals surface area (Å²) in [6.07, 6.45) is 1.35. The molecular weight excluding hydrogens is 299 g/mol. The molecule has 0 saturated carbocycles. The van der Waals surface area contributed by atoms with Crippen molar-refractivity contribution in [2.45, 2.75) is 13.2 Å². The van der Waals surface area contributed by atoms with E-state index in [9.17, 15) is 18.0 Å². The number of nitrogens with one attached hydrogen (secondary N) is 1. The molecule has 1 heterocycles. The maximum absolute atomic E-state index is 13.8. The van der Waals surface area contributed by atoms with Gasteiger partial charge in [0, 0.05) is 24.0 Å². The Kier molecular flexibility index (Phi) is 4.82. The van der Waals surface area contributed by atoms with Gasteiger partial charge in [-0.15, -0.1) is 0 Å². The Labute approximate surface area is 123 Å². The minimum Gasteiger partial charge on any atom is -0.434 e. The molecule has 22 heavy (non-hydrogen) atoms. The zero-order chi connectivity index (χ0) is 16.1. The highest BCUT2D eigenvalue weighted by atomic mass is 19.3. The third-order valence-electron chi connectivity index (χ3n) is 2.77. The number of halogens is 3. The number of aromatic nitrogens is 1. The maximum atomic E-state index is 13.8. The van der Waals surface area contributed by atoms with Crippen LogP contribution in [0.15, 0.2) is 36.5 Å². The van der Waals surface area contributed by atoms with E-state index < -0.39 is 18.3 Å². The van der Waals surface area contributed by atoms with E-state index in [-0.39, 0.29) is 23.6 Å². The highest BCUT2D eigenvalue weighted by molar-refractivity contribution is 5.91. The Morgan fingerprint density at radius 2 is 2.14 bits per heavy atom.